The van der Waals surface area contributed by atoms with Gasteiger partial charge in [-0.2, -0.15) is 0 Å². The minimum Gasteiger partial charge on any atom is -0.271 e. The zero-order chi connectivity index (χ0) is 14.8. The summed E-state index contributed by atoms with van der Waals surface area (Å²) in [6.07, 6.45) is 1.84. The third-order valence-electron chi connectivity index (χ3n) is 3.90. The van der Waals surface area contributed by atoms with Crippen LogP contribution in [0.5, 0.6) is 0 Å². The van der Waals surface area contributed by atoms with E-state index in [1.807, 2.05) is 30.5 Å². The predicted octanol–water partition coefficient (Wildman–Crippen LogP) is 3.40. The summed E-state index contributed by atoms with van der Waals surface area (Å²) in [7, 11) is 0. The van der Waals surface area contributed by atoms with Gasteiger partial charge in [-0.15, -0.1) is 0 Å². The molecule has 0 bridgehead atoms. The van der Waals surface area contributed by atoms with Crippen molar-refractivity contribution in [1.29, 1.82) is 0 Å². The van der Waals surface area contributed by atoms with Gasteiger partial charge in [0.1, 0.15) is 0 Å². The maximum Gasteiger partial charge on any atom is 0.0719 e. The number of hydrazine groups is 1. The van der Waals surface area contributed by atoms with Gasteiger partial charge in [-0.1, -0.05) is 42.0 Å². The number of para-hydroxylation sites is 1. The number of aromatic nitrogens is 1. The molecule has 0 saturated heterocycles. The van der Waals surface area contributed by atoms with Crippen LogP contribution in [0, 0.1) is 13.8 Å². The summed E-state index contributed by atoms with van der Waals surface area (Å²) in [5, 5.41) is 1.13. The number of hydrogen-bond donors (Lipinski definition) is 2. The lowest BCUT2D eigenvalue weighted by molar-refractivity contribution is 0.637. The van der Waals surface area contributed by atoms with Gasteiger partial charge in [-0.05, 0) is 42.7 Å². The molecule has 1 aromatic heterocycles. The van der Waals surface area contributed by atoms with E-state index < -0.39 is 0 Å². The molecule has 0 saturated carbocycles. The number of fused-ring (bicyclic) bond motifs is 1. The van der Waals surface area contributed by atoms with Crippen LogP contribution in [0.1, 0.15) is 28.3 Å². The zero-order valence-corrected chi connectivity index (χ0v) is 12.3. The molecular weight excluding hydrogens is 258 g/mol. The summed E-state index contributed by atoms with van der Waals surface area (Å²) in [6, 6.07) is 16.6. The molecule has 3 aromatic rings. The van der Waals surface area contributed by atoms with Gasteiger partial charge in [0.15, 0.2) is 0 Å². The average molecular weight is 277 g/mol. The second kappa shape index (κ2) is 5.64. The highest BCUT2D eigenvalue weighted by Gasteiger charge is 2.17. The Morgan fingerprint density at radius 3 is 2.57 bits per heavy atom. The van der Waals surface area contributed by atoms with E-state index in [9.17, 15) is 0 Å². The molecule has 1 atom stereocenters. The first-order chi connectivity index (χ1) is 10.2. The highest BCUT2D eigenvalue weighted by atomic mass is 15.2. The normalized spacial score (nSPS) is 12.5. The summed E-state index contributed by atoms with van der Waals surface area (Å²) in [5.74, 6) is 5.86. The Balaban J connectivity index is 2.18. The van der Waals surface area contributed by atoms with Gasteiger partial charge < -0.3 is 0 Å². The Bertz CT molecular complexity index is 775. The van der Waals surface area contributed by atoms with E-state index in [2.05, 4.69) is 48.5 Å². The average Bonchev–Trinajstić information content (AvgIpc) is 2.50. The molecule has 0 aliphatic rings. The molecular formula is C18H19N3. The summed E-state index contributed by atoms with van der Waals surface area (Å²) in [4.78, 5) is 4.42. The van der Waals surface area contributed by atoms with Gasteiger partial charge in [0.25, 0.3) is 0 Å². The van der Waals surface area contributed by atoms with E-state index in [-0.39, 0.29) is 6.04 Å². The van der Waals surface area contributed by atoms with Crippen LogP contribution >= 0.6 is 0 Å². The molecule has 0 aliphatic heterocycles. The maximum atomic E-state index is 5.86. The van der Waals surface area contributed by atoms with Crippen molar-refractivity contribution < 1.29 is 0 Å². The Labute approximate surface area is 124 Å². The first-order valence-electron chi connectivity index (χ1n) is 7.07. The topological polar surface area (TPSA) is 50.9 Å². The second-order valence-corrected chi connectivity index (χ2v) is 5.38. The lowest BCUT2D eigenvalue weighted by Crippen LogP contribution is -2.29. The van der Waals surface area contributed by atoms with Gasteiger partial charge in [-0.25, -0.2) is 5.43 Å². The van der Waals surface area contributed by atoms with Crippen LogP contribution in [0.4, 0.5) is 0 Å². The van der Waals surface area contributed by atoms with E-state index in [1.54, 1.807) is 0 Å². The number of hydrogen-bond acceptors (Lipinski definition) is 3. The zero-order valence-electron chi connectivity index (χ0n) is 12.3. The molecule has 1 heterocycles. The Morgan fingerprint density at radius 1 is 1.00 bits per heavy atom. The molecule has 106 valence electrons. The van der Waals surface area contributed by atoms with E-state index in [0.29, 0.717) is 0 Å². The van der Waals surface area contributed by atoms with Crippen molar-refractivity contribution in [2.75, 3.05) is 0 Å². The lowest BCUT2D eigenvalue weighted by atomic mass is 9.92. The largest absolute Gasteiger partial charge is 0.271 e. The number of rotatable bonds is 3. The third kappa shape index (κ3) is 2.53. The molecule has 0 amide bonds. The van der Waals surface area contributed by atoms with Gasteiger partial charge in [0.05, 0.1) is 11.6 Å². The first kappa shape index (κ1) is 13.7. The van der Waals surface area contributed by atoms with Crippen LogP contribution < -0.4 is 11.3 Å². The summed E-state index contributed by atoms with van der Waals surface area (Å²) in [6.45, 7) is 4.22. The first-order valence-corrected chi connectivity index (χ1v) is 7.07. The van der Waals surface area contributed by atoms with Gasteiger partial charge in [-0.3, -0.25) is 10.8 Å². The van der Waals surface area contributed by atoms with Gasteiger partial charge >= 0.3 is 0 Å². The molecule has 0 fully saturated rings. The van der Waals surface area contributed by atoms with Crippen molar-refractivity contribution in [2.24, 2.45) is 5.84 Å². The predicted molar refractivity (Wildman–Crippen MR) is 86.8 cm³/mol. The van der Waals surface area contributed by atoms with Crippen LogP contribution in [0.3, 0.4) is 0 Å². The number of nitrogens with zero attached hydrogens (tertiary/aromatic N) is 1. The minimum atomic E-state index is -0.0431. The quantitative estimate of drug-likeness (QED) is 0.570. The van der Waals surface area contributed by atoms with Gasteiger partial charge in [0, 0.05) is 11.6 Å². The van der Waals surface area contributed by atoms with E-state index in [4.69, 9.17) is 5.84 Å². The van der Waals surface area contributed by atoms with Crippen LogP contribution in [0.2, 0.25) is 0 Å². The monoisotopic (exact) mass is 277 g/mol. The number of pyridine rings is 1. The van der Waals surface area contributed by atoms with Gasteiger partial charge in [0.2, 0.25) is 0 Å². The highest BCUT2D eigenvalue weighted by Crippen LogP contribution is 2.29. The lowest BCUT2D eigenvalue weighted by Gasteiger charge is -2.21. The fourth-order valence-electron chi connectivity index (χ4n) is 2.87. The van der Waals surface area contributed by atoms with E-state index in [0.717, 1.165) is 16.5 Å². The number of nitrogens with one attached hydrogen (secondary N) is 1. The molecule has 0 spiro atoms. The summed E-state index contributed by atoms with van der Waals surface area (Å²) >= 11 is 0. The standard InChI is InChI=1S/C18H19N3/c1-12-7-8-14(13(2)11-12)18(21-19)16-9-10-20-17-6-4-3-5-15(16)17/h3-11,18,21H,19H2,1-2H3. The molecule has 3 rings (SSSR count). The maximum absolute atomic E-state index is 5.86. The summed E-state index contributed by atoms with van der Waals surface area (Å²) in [5.41, 5.74) is 8.78. The fraction of sp³-hybridized carbons (Fsp3) is 0.167. The summed E-state index contributed by atoms with van der Waals surface area (Å²) < 4.78 is 0. The Morgan fingerprint density at radius 2 is 1.81 bits per heavy atom. The molecule has 0 aliphatic carbocycles. The molecule has 21 heavy (non-hydrogen) atoms. The van der Waals surface area contributed by atoms with E-state index in [1.165, 1.54) is 16.7 Å². The number of aryl methyl sites for hydroxylation is 2. The van der Waals surface area contributed by atoms with Crippen molar-refractivity contribution in [2.45, 2.75) is 19.9 Å². The fourth-order valence-corrected chi connectivity index (χ4v) is 2.87. The third-order valence-corrected chi connectivity index (χ3v) is 3.90. The molecule has 0 radical (unpaired) electrons. The second-order valence-electron chi connectivity index (χ2n) is 5.38. The Hall–Kier alpha value is -2.23. The van der Waals surface area contributed by atoms with E-state index >= 15 is 0 Å². The highest BCUT2D eigenvalue weighted by molar-refractivity contribution is 5.82. The smallest absolute Gasteiger partial charge is 0.0719 e. The molecule has 3 nitrogen and oxygen atoms in total. The number of nitrogens with two attached hydrogens (primary N) is 1. The number of benzene rings is 2. The van der Waals surface area contributed by atoms with Crippen LogP contribution in [0.25, 0.3) is 10.9 Å². The Kier molecular flexibility index (Phi) is 3.69. The van der Waals surface area contributed by atoms with Crippen LogP contribution in [0.15, 0.2) is 54.7 Å². The van der Waals surface area contributed by atoms with Crippen LogP contribution in [-0.2, 0) is 0 Å². The van der Waals surface area contributed by atoms with Crippen molar-refractivity contribution in [3.8, 4) is 0 Å². The molecule has 3 N–H and O–H groups in total. The molecule has 1 unspecified atom stereocenters. The molecule has 3 heteroatoms. The minimum absolute atomic E-state index is 0.0431. The van der Waals surface area contributed by atoms with Crippen LogP contribution in [-0.4, -0.2) is 4.98 Å². The van der Waals surface area contributed by atoms with Crippen molar-refractivity contribution >= 4 is 10.9 Å². The molecule has 2 aromatic carbocycles. The van der Waals surface area contributed by atoms with Crippen molar-refractivity contribution in [3.63, 3.8) is 0 Å². The van der Waals surface area contributed by atoms with Crippen molar-refractivity contribution in [1.82, 2.24) is 10.4 Å². The SMILES string of the molecule is Cc1ccc(C(NN)c2ccnc3ccccc23)c(C)c1. The van der Waals surface area contributed by atoms with Crippen molar-refractivity contribution in [3.05, 3.63) is 77.0 Å².